The smallest absolute Gasteiger partial charge is 0.274 e. The molecule has 1 atom stereocenters. The van der Waals surface area contributed by atoms with Crippen molar-refractivity contribution in [2.24, 2.45) is 0 Å². The fraction of sp³-hybridized carbons (Fsp3) is 0.333. The Morgan fingerprint density at radius 3 is 2.44 bits per heavy atom. The van der Waals surface area contributed by atoms with E-state index in [0.717, 1.165) is 0 Å². The molecule has 1 aromatic carbocycles. The quantitative estimate of drug-likeness (QED) is 0.701. The van der Waals surface area contributed by atoms with Gasteiger partial charge in [-0.15, -0.1) is 0 Å². The Balaban J connectivity index is 2.15. The first kappa shape index (κ1) is 20.1. The number of carbonyl (C=O) groups is 2. The van der Waals surface area contributed by atoms with E-state index in [2.05, 4.69) is 15.3 Å². The number of aromatic hydroxyl groups is 2. The van der Waals surface area contributed by atoms with Crippen molar-refractivity contribution in [3.8, 4) is 11.6 Å². The van der Waals surface area contributed by atoms with Gasteiger partial charge in [0.2, 0.25) is 11.7 Å². The summed E-state index contributed by atoms with van der Waals surface area (Å²) in [6.45, 7) is 3.27. The molecule has 0 radical (unpaired) electrons. The second kappa shape index (κ2) is 8.43. The zero-order valence-electron chi connectivity index (χ0n) is 15.2. The van der Waals surface area contributed by atoms with Crippen molar-refractivity contribution in [2.75, 3.05) is 7.05 Å². The SMILES string of the molecule is CC(=O)N(C)C(C)Cc1nc(O)c(O)c(C(=O)NCc2ccc(F)cc2)n1. The third-order valence-electron chi connectivity index (χ3n) is 4.13. The van der Waals surface area contributed by atoms with Crippen LogP contribution in [0.25, 0.3) is 0 Å². The molecular formula is C18H21FN4O4. The lowest BCUT2D eigenvalue weighted by Gasteiger charge is -2.23. The maximum atomic E-state index is 12.9. The molecule has 27 heavy (non-hydrogen) atoms. The molecular weight excluding hydrogens is 355 g/mol. The van der Waals surface area contributed by atoms with Gasteiger partial charge in [-0.05, 0) is 24.6 Å². The van der Waals surface area contributed by atoms with E-state index in [9.17, 15) is 24.2 Å². The topological polar surface area (TPSA) is 116 Å². The maximum Gasteiger partial charge on any atom is 0.274 e. The Kier molecular flexibility index (Phi) is 6.27. The summed E-state index contributed by atoms with van der Waals surface area (Å²) in [5.74, 6) is -2.60. The van der Waals surface area contributed by atoms with Crippen LogP contribution in [0.15, 0.2) is 24.3 Å². The molecule has 0 aliphatic heterocycles. The molecule has 0 spiro atoms. The summed E-state index contributed by atoms with van der Waals surface area (Å²) in [6, 6.07) is 5.28. The van der Waals surface area contributed by atoms with Crippen LogP contribution in [-0.2, 0) is 17.8 Å². The highest BCUT2D eigenvalue weighted by atomic mass is 19.1. The minimum Gasteiger partial charge on any atom is -0.501 e. The normalized spacial score (nSPS) is 11.7. The van der Waals surface area contributed by atoms with Crippen LogP contribution >= 0.6 is 0 Å². The van der Waals surface area contributed by atoms with Gasteiger partial charge in [-0.3, -0.25) is 9.59 Å². The highest BCUT2D eigenvalue weighted by Crippen LogP contribution is 2.25. The van der Waals surface area contributed by atoms with E-state index in [-0.39, 0.29) is 36.4 Å². The minimum absolute atomic E-state index is 0.0854. The molecule has 0 saturated heterocycles. The van der Waals surface area contributed by atoms with Crippen LogP contribution in [0.5, 0.6) is 11.6 Å². The monoisotopic (exact) mass is 376 g/mol. The van der Waals surface area contributed by atoms with Crippen molar-refractivity contribution in [3.05, 3.63) is 47.2 Å². The van der Waals surface area contributed by atoms with Crippen molar-refractivity contribution in [1.82, 2.24) is 20.2 Å². The molecule has 2 aromatic rings. The Morgan fingerprint density at radius 2 is 1.85 bits per heavy atom. The summed E-state index contributed by atoms with van der Waals surface area (Å²) in [6.07, 6.45) is 0.183. The van der Waals surface area contributed by atoms with E-state index in [0.29, 0.717) is 5.56 Å². The molecule has 1 aromatic heterocycles. The molecule has 1 heterocycles. The van der Waals surface area contributed by atoms with E-state index in [1.54, 1.807) is 14.0 Å². The van der Waals surface area contributed by atoms with Crippen LogP contribution in [0.2, 0.25) is 0 Å². The molecule has 144 valence electrons. The third-order valence-corrected chi connectivity index (χ3v) is 4.13. The lowest BCUT2D eigenvalue weighted by molar-refractivity contribution is -0.129. The predicted molar refractivity (Wildman–Crippen MR) is 94.5 cm³/mol. The molecule has 2 rings (SSSR count). The van der Waals surface area contributed by atoms with E-state index in [1.165, 1.54) is 36.1 Å². The zero-order chi connectivity index (χ0) is 20.1. The number of likely N-dealkylation sites (N-methyl/N-ethyl adjacent to an activating group) is 1. The average molecular weight is 376 g/mol. The van der Waals surface area contributed by atoms with E-state index < -0.39 is 23.4 Å². The van der Waals surface area contributed by atoms with Gasteiger partial charge in [0.05, 0.1) is 0 Å². The number of nitrogens with one attached hydrogen (secondary N) is 1. The lowest BCUT2D eigenvalue weighted by Crippen LogP contribution is -2.35. The van der Waals surface area contributed by atoms with Crippen LogP contribution < -0.4 is 5.32 Å². The Morgan fingerprint density at radius 1 is 1.22 bits per heavy atom. The highest BCUT2D eigenvalue weighted by Gasteiger charge is 2.21. The summed E-state index contributed by atoms with van der Waals surface area (Å²) >= 11 is 0. The predicted octanol–water partition coefficient (Wildman–Crippen LogP) is 1.37. The fourth-order valence-electron chi connectivity index (χ4n) is 2.32. The summed E-state index contributed by atoms with van der Waals surface area (Å²) in [4.78, 5) is 33.0. The van der Waals surface area contributed by atoms with Gasteiger partial charge < -0.3 is 20.4 Å². The molecule has 0 saturated carbocycles. The van der Waals surface area contributed by atoms with Gasteiger partial charge in [0, 0.05) is 33.0 Å². The van der Waals surface area contributed by atoms with Gasteiger partial charge in [-0.25, -0.2) is 9.37 Å². The number of hydrogen-bond acceptors (Lipinski definition) is 6. The van der Waals surface area contributed by atoms with Gasteiger partial charge >= 0.3 is 0 Å². The lowest BCUT2D eigenvalue weighted by atomic mass is 10.2. The van der Waals surface area contributed by atoms with Crippen LogP contribution in [0.3, 0.4) is 0 Å². The molecule has 0 aliphatic rings. The Labute approximate surface area is 155 Å². The summed E-state index contributed by atoms with van der Waals surface area (Å²) in [7, 11) is 1.61. The standard InChI is InChI=1S/C18H21FN4O4/c1-10(23(3)11(2)24)8-14-21-15(16(25)18(27)22-14)17(26)20-9-12-4-6-13(19)7-5-12/h4-7,10,25H,8-9H2,1-3H3,(H,20,26)(H,21,22,27). The van der Waals surface area contributed by atoms with E-state index in [1.807, 2.05) is 0 Å². The summed E-state index contributed by atoms with van der Waals surface area (Å²) in [5.41, 5.74) is 0.275. The maximum absolute atomic E-state index is 12.9. The zero-order valence-corrected chi connectivity index (χ0v) is 15.2. The molecule has 0 bridgehead atoms. The second-order valence-electron chi connectivity index (χ2n) is 6.15. The number of halogens is 1. The molecule has 0 aliphatic carbocycles. The van der Waals surface area contributed by atoms with Gasteiger partial charge in [-0.2, -0.15) is 4.98 Å². The van der Waals surface area contributed by atoms with Gasteiger partial charge in [0.25, 0.3) is 11.8 Å². The number of carbonyl (C=O) groups excluding carboxylic acids is 2. The summed E-state index contributed by atoms with van der Waals surface area (Å²) < 4.78 is 12.9. The number of benzene rings is 1. The molecule has 2 amide bonds. The second-order valence-corrected chi connectivity index (χ2v) is 6.15. The van der Waals surface area contributed by atoms with Gasteiger partial charge in [0.15, 0.2) is 5.69 Å². The molecule has 1 unspecified atom stereocenters. The van der Waals surface area contributed by atoms with Gasteiger partial charge in [-0.1, -0.05) is 12.1 Å². The van der Waals surface area contributed by atoms with Crippen LogP contribution in [-0.4, -0.2) is 50.0 Å². The fourth-order valence-corrected chi connectivity index (χ4v) is 2.32. The van der Waals surface area contributed by atoms with E-state index in [4.69, 9.17) is 0 Å². The molecule has 0 fully saturated rings. The van der Waals surface area contributed by atoms with Crippen molar-refractivity contribution in [3.63, 3.8) is 0 Å². The number of nitrogens with zero attached hydrogens (tertiary/aromatic N) is 3. The third kappa shape index (κ3) is 5.13. The molecule has 8 nitrogen and oxygen atoms in total. The highest BCUT2D eigenvalue weighted by molar-refractivity contribution is 5.95. The van der Waals surface area contributed by atoms with Crippen molar-refractivity contribution < 1.29 is 24.2 Å². The van der Waals surface area contributed by atoms with E-state index >= 15 is 0 Å². The molecule has 9 heteroatoms. The first-order valence-electron chi connectivity index (χ1n) is 8.24. The van der Waals surface area contributed by atoms with Crippen LogP contribution in [0.1, 0.15) is 35.7 Å². The largest absolute Gasteiger partial charge is 0.501 e. The number of rotatable bonds is 6. The number of aromatic nitrogens is 2. The first-order chi connectivity index (χ1) is 12.7. The van der Waals surface area contributed by atoms with Crippen molar-refractivity contribution in [2.45, 2.75) is 32.9 Å². The Hall–Kier alpha value is -3.23. The summed E-state index contributed by atoms with van der Waals surface area (Å²) in [5, 5.41) is 22.2. The van der Waals surface area contributed by atoms with Crippen LogP contribution in [0.4, 0.5) is 4.39 Å². The van der Waals surface area contributed by atoms with Crippen LogP contribution in [0, 0.1) is 5.82 Å². The molecule has 3 N–H and O–H groups in total. The first-order valence-corrected chi connectivity index (χ1v) is 8.24. The average Bonchev–Trinajstić information content (AvgIpc) is 2.62. The number of amides is 2. The van der Waals surface area contributed by atoms with Crippen molar-refractivity contribution >= 4 is 11.8 Å². The number of hydrogen-bond donors (Lipinski definition) is 3. The minimum atomic E-state index is -0.733. The van der Waals surface area contributed by atoms with Gasteiger partial charge in [0.1, 0.15) is 11.6 Å². The van der Waals surface area contributed by atoms with Crippen molar-refractivity contribution in [1.29, 1.82) is 0 Å². The Bertz CT molecular complexity index is 842.